The number of piperazine rings is 1. The number of hydrogen-bond acceptors (Lipinski definition) is 4. The Balaban J connectivity index is 1.49. The van der Waals surface area contributed by atoms with Gasteiger partial charge >= 0.3 is 0 Å². The first-order valence-corrected chi connectivity index (χ1v) is 9.77. The van der Waals surface area contributed by atoms with Gasteiger partial charge in [0.2, 0.25) is 11.8 Å². The Morgan fingerprint density at radius 3 is 2.62 bits per heavy atom. The summed E-state index contributed by atoms with van der Waals surface area (Å²) in [6, 6.07) is 16.7. The molecule has 0 spiro atoms. The molecule has 0 N–H and O–H groups in total. The number of carbonyl (C=O) groups is 1. The Morgan fingerprint density at radius 2 is 1.86 bits per heavy atom. The van der Waals surface area contributed by atoms with Crippen molar-refractivity contribution in [2.45, 2.75) is 19.4 Å². The molecule has 0 bridgehead atoms. The van der Waals surface area contributed by atoms with Crippen LogP contribution in [-0.4, -0.2) is 47.4 Å². The number of hydrogen-bond donors (Lipinski definition) is 0. The van der Waals surface area contributed by atoms with Crippen LogP contribution in [0.5, 0.6) is 0 Å². The molecule has 150 valence electrons. The van der Waals surface area contributed by atoms with Crippen molar-refractivity contribution in [3.05, 3.63) is 77.4 Å². The predicted octanol–water partition coefficient (Wildman–Crippen LogP) is 3.85. The summed E-state index contributed by atoms with van der Waals surface area (Å²) >= 11 is 0. The smallest absolute Gasteiger partial charge is 0.229 e. The lowest BCUT2D eigenvalue weighted by atomic mass is 10.0. The molecule has 1 fully saturated rings. The van der Waals surface area contributed by atoms with Crippen molar-refractivity contribution < 1.29 is 13.6 Å². The second kappa shape index (κ2) is 8.17. The summed E-state index contributed by atoms with van der Waals surface area (Å²) in [7, 11) is 2.09. The van der Waals surface area contributed by atoms with Gasteiger partial charge in [-0.05, 0) is 31.7 Å². The molecule has 0 radical (unpaired) electrons. The van der Waals surface area contributed by atoms with Gasteiger partial charge in [-0.2, -0.15) is 0 Å². The topological polar surface area (TPSA) is 49.6 Å². The van der Waals surface area contributed by atoms with Gasteiger partial charge < -0.3 is 9.32 Å². The second-order valence-corrected chi connectivity index (χ2v) is 7.43. The molecule has 2 aromatic carbocycles. The number of aryl methyl sites for hydroxylation is 1. The van der Waals surface area contributed by atoms with E-state index in [0.29, 0.717) is 30.1 Å². The molecule has 1 amide bonds. The quantitative estimate of drug-likeness (QED) is 0.676. The van der Waals surface area contributed by atoms with Gasteiger partial charge in [-0.15, -0.1) is 0 Å². The van der Waals surface area contributed by atoms with Crippen LogP contribution in [0.15, 0.2) is 59.0 Å². The first kappa shape index (κ1) is 19.3. The number of aromatic nitrogens is 1. The lowest BCUT2D eigenvalue weighted by Crippen LogP contribution is -2.49. The number of amides is 1. The van der Waals surface area contributed by atoms with Crippen molar-refractivity contribution in [3.63, 3.8) is 0 Å². The molecule has 0 aliphatic carbocycles. The van der Waals surface area contributed by atoms with Crippen molar-refractivity contribution in [3.8, 4) is 11.5 Å². The molecule has 6 heteroatoms. The molecule has 1 saturated heterocycles. The summed E-state index contributed by atoms with van der Waals surface area (Å²) < 4.78 is 19.7. The zero-order chi connectivity index (χ0) is 20.4. The van der Waals surface area contributed by atoms with E-state index in [0.717, 1.165) is 6.54 Å². The first-order chi connectivity index (χ1) is 14.0. The SMILES string of the molecule is Cc1oc(-c2ccccc2F)nc1CC(=O)N1CCN(C)C(c2ccccc2)C1. The van der Waals surface area contributed by atoms with E-state index in [9.17, 15) is 9.18 Å². The number of benzene rings is 2. The highest BCUT2D eigenvalue weighted by Gasteiger charge is 2.29. The Bertz CT molecular complexity index is 1000. The number of rotatable bonds is 4. The number of likely N-dealkylation sites (N-methyl/N-ethyl adjacent to an activating group) is 1. The fourth-order valence-corrected chi connectivity index (χ4v) is 3.73. The van der Waals surface area contributed by atoms with Crippen molar-refractivity contribution in [1.29, 1.82) is 0 Å². The molecule has 29 heavy (non-hydrogen) atoms. The van der Waals surface area contributed by atoms with Crippen molar-refractivity contribution in [2.24, 2.45) is 0 Å². The second-order valence-electron chi connectivity index (χ2n) is 7.43. The van der Waals surface area contributed by atoms with Crippen LogP contribution in [-0.2, 0) is 11.2 Å². The van der Waals surface area contributed by atoms with Crippen LogP contribution in [0, 0.1) is 12.7 Å². The molecule has 1 unspecified atom stereocenters. The predicted molar refractivity (Wildman–Crippen MR) is 109 cm³/mol. The van der Waals surface area contributed by atoms with E-state index >= 15 is 0 Å². The van der Waals surface area contributed by atoms with Crippen LogP contribution in [0.3, 0.4) is 0 Å². The normalized spacial score (nSPS) is 17.5. The molecule has 5 nitrogen and oxygen atoms in total. The largest absolute Gasteiger partial charge is 0.441 e. The highest BCUT2D eigenvalue weighted by molar-refractivity contribution is 5.79. The molecule has 4 rings (SSSR count). The standard InChI is InChI=1S/C23H24FN3O2/c1-16-20(25-23(29-16)18-10-6-7-11-19(18)24)14-22(28)27-13-12-26(2)21(15-27)17-8-4-3-5-9-17/h3-11,21H,12-15H2,1-2H3. The summed E-state index contributed by atoms with van der Waals surface area (Å²) in [5.41, 5.74) is 2.06. The molecule has 1 aliphatic heterocycles. The fourth-order valence-electron chi connectivity index (χ4n) is 3.73. The minimum Gasteiger partial charge on any atom is -0.441 e. The Morgan fingerprint density at radius 1 is 1.14 bits per heavy atom. The Labute approximate surface area is 169 Å². The molecular formula is C23H24FN3O2. The fraction of sp³-hybridized carbons (Fsp3) is 0.304. The van der Waals surface area contributed by atoms with Gasteiger partial charge in [0, 0.05) is 19.6 Å². The van der Waals surface area contributed by atoms with Crippen LogP contribution < -0.4 is 0 Å². The van der Waals surface area contributed by atoms with Gasteiger partial charge in [0.05, 0.1) is 23.7 Å². The van der Waals surface area contributed by atoms with Gasteiger partial charge in [0.25, 0.3) is 0 Å². The third-order valence-corrected chi connectivity index (χ3v) is 5.50. The molecule has 1 atom stereocenters. The van der Waals surface area contributed by atoms with Crippen molar-refractivity contribution in [2.75, 3.05) is 26.7 Å². The molecular weight excluding hydrogens is 369 g/mol. The lowest BCUT2D eigenvalue weighted by Gasteiger charge is -2.39. The minimum absolute atomic E-state index is 0.00974. The number of oxazole rings is 1. The molecule has 0 saturated carbocycles. The van der Waals surface area contributed by atoms with E-state index in [1.54, 1.807) is 25.1 Å². The van der Waals surface area contributed by atoms with E-state index in [4.69, 9.17) is 4.42 Å². The summed E-state index contributed by atoms with van der Waals surface area (Å²) in [5, 5.41) is 0. The van der Waals surface area contributed by atoms with Crippen LogP contribution >= 0.6 is 0 Å². The minimum atomic E-state index is -0.392. The third-order valence-electron chi connectivity index (χ3n) is 5.50. The zero-order valence-corrected chi connectivity index (χ0v) is 16.6. The average molecular weight is 393 g/mol. The molecule has 3 aromatic rings. The monoisotopic (exact) mass is 393 g/mol. The van der Waals surface area contributed by atoms with Crippen LogP contribution in [0.25, 0.3) is 11.5 Å². The average Bonchev–Trinajstić information content (AvgIpc) is 3.09. The third kappa shape index (κ3) is 4.07. The van der Waals surface area contributed by atoms with Gasteiger partial charge in [-0.1, -0.05) is 42.5 Å². The van der Waals surface area contributed by atoms with Gasteiger partial charge in [0.15, 0.2) is 0 Å². The summed E-state index contributed by atoms with van der Waals surface area (Å²) in [5.74, 6) is 0.376. The van der Waals surface area contributed by atoms with E-state index in [-0.39, 0.29) is 24.3 Å². The van der Waals surface area contributed by atoms with Crippen molar-refractivity contribution >= 4 is 5.91 Å². The highest BCUT2D eigenvalue weighted by atomic mass is 19.1. The van der Waals surface area contributed by atoms with E-state index in [1.807, 2.05) is 23.1 Å². The van der Waals surface area contributed by atoms with Crippen molar-refractivity contribution in [1.82, 2.24) is 14.8 Å². The zero-order valence-electron chi connectivity index (χ0n) is 16.6. The lowest BCUT2D eigenvalue weighted by molar-refractivity contribution is -0.133. The number of halogens is 1. The molecule has 1 aromatic heterocycles. The van der Waals surface area contributed by atoms with Gasteiger partial charge in [0.1, 0.15) is 11.6 Å². The first-order valence-electron chi connectivity index (χ1n) is 9.77. The van der Waals surface area contributed by atoms with Crippen LogP contribution in [0.4, 0.5) is 4.39 Å². The maximum Gasteiger partial charge on any atom is 0.229 e. The Hall–Kier alpha value is -2.99. The summed E-state index contributed by atoms with van der Waals surface area (Å²) in [6.45, 7) is 3.88. The Kier molecular flexibility index (Phi) is 5.45. The van der Waals surface area contributed by atoms with E-state index < -0.39 is 5.82 Å². The maximum atomic E-state index is 14.0. The number of carbonyl (C=O) groups excluding carboxylic acids is 1. The van der Waals surface area contributed by atoms with E-state index in [1.165, 1.54) is 11.6 Å². The number of nitrogens with zero attached hydrogens (tertiary/aromatic N) is 3. The van der Waals surface area contributed by atoms with E-state index in [2.05, 4.69) is 29.1 Å². The van der Waals surface area contributed by atoms with Gasteiger partial charge in [-0.25, -0.2) is 9.37 Å². The summed E-state index contributed by atoms with van der Waals surface area (Å²) in [6.07, 6.45) is 0.148. The summed E-state index contributed by atoms with van der Waals surface area (Å²) in [4.78, 5) is 21.5. The highest BCUT2D eigenvalue weighted by Crippen LogP contribution is 2.26. The van der Waals surface area contributed by atoms with Crippen LogP contribution in [0.2, 0.25) is 0 Å². The van der Waals surface area contributed by atoms with Crippen LogP contribution in [0.1, 0.15) is 23.1 Å². The molecule has 1 aliphatic rings. The van der Waals surface area contributed by atoms with Gasteiger partial charge in [-0.3, -0.25) is 9.69 Å². The maximum absolute atomic E-state index is 14.0. The molecule has 2 heterocycles.